The van der Waals surface area contributed by atoms with Crippen LogP contribution in [-0.2, 0) is 12.7 Å². The molecule has 0 saturated carbocycles. The van der Waals surface area contributed by atoms with Crippen molar-refractivity contribution in [3.8, 4) is 11.5 Å². The Morgan fingerprint density at radius 2 is 2.00 bits per heavy atom. The molecule has 0 atom stereocenters. The van der Waals surface area contributed by atoms with E-state index in [1.165, 1.54) is 17.4 Å². The van der Waals surface area contributed by atoms with E-state index in [0.29, 0.717) is 17.8 Å². The lowest BCUT2D eigenvalue weighted by Crippen LogP contribution is -2.07. The first kappa shape index (κ1) is 15.7. The van der Waals surface area contributed by atoms with Gasteiger partial charge in [-0.25, -0.2) is 9.97 Å². The molecule has 0 aliphatic rings. The number of aromatic nitrogens is 2. The highest BCUT2D eigenvalue weighted by Crippen LogP contribution is 2.35. The van der Waals surface area contributed by atoms with E-state index >= 15 is 0 Å². The van der Waals surface area contributed by atoms with Crippen molar-refractivity contribution < 1.29 is 17.9 Å². The first-order chi connectivity index (χ1) is 10.9. The van der Waals surface area contributed by atoms with Crippen molar-refractivity contribution in [3.63, 3.8) is 0 Å². The molecule has 0 spiro atoms. The predicted octanol–water partition coefficient (Wildman–Crippen LogP) is 4.27. The van der Waals surface area contributed by atoms with Gasteiger partial charge >= 0.3 is 6.18 Å². The van der Waals surface area contributed by atoms with Gasteiger partial charge in [-0.15, -0.1) is 11.3 Å². The first-order valence-electron chi connectivity index (χ1n) is 6.68. The Hall–Kier alpha value is -2.19. The summed E-state index contributed by atoms with van der Waals surface area (Å²) in [4.78, 5) is 7.79. The molecule has 3 rings (SSSR count). The van der Waals surface area contributed by atoms with Crippen molar-refractivity contribution in [3.05, 3.63) is 46.7 Å². The van der Waals surface area contributed by atoms with E-state index in [9.17, 15) is 13.2 Å². The molecule has 0 fully saturated rings. The fourth-order valence-corrected chi connectivity index (χ4v) is 3.08. The lowest BCUT2D eigenvalue weighted by Gasteiger charge is -2.09. The molecule has 4 nitrogen and oxygen atoms in total. The molecule has 3 aromatic rings. The summed E-state index contributed by atoms with van der Waals surface area (Å²) < 4.78 is 44.1. The van der Waals surface area contributed by atoms with Crippen LogP contribution in [-0.4, -0.2) is 9.97 Å². The number of hydrogen-bond acceptors (Lipinski definition) is 5. The maximum atomic E-state index is 12.5. The molecule has 0 bridgehead atoms. The molecule has 2 heterocycles. The lowest BCUT2D eigenvalue weighted by molar-refractivity contribution is -0.141. The molecule has 8 heteroatoms. The number of aryl methyl sites for hydroxylation is 1. The minimum absolute atomic E-state index is 0.213. The van der Waals surface area contributed by atoms with E-state index in [1.54, 1.807) is 6.07 Å². The van der Waals surface area contributed by atoms with E-state index in [-0.39, 0.29) is 5.75 Å². The second kappa shape index (κ2) is 5.78. The highest BCUT2D eigenvalue weighted by molar-refractivity contribution is 7.18. The molecule has 0 saturated heterocycles. The van der Waals surface area contributed by atoms with Gasteiger partial charge in [0.1, 0.15) is 17.0 Å². The van der Waals surface area contributed by atoms with Crippen LogP contribution in [0.1, 0.15) is 16.3 Å². The van der Waals surface area contributed by atoms with Gasteiger partial charge in [-0.3, -0.25) is 0 Å². The molecule has 0 amide bonds. The molecule has 2 N–H and O–H groups in total. The summed E-state index contributed by atoms with van der Waals surface area (Å²) in [5.41, 5.74) is 6.34. The summed E-state index contributed by atoms with van der Waals surface area (Å²) in [7, 11) is 0. The topological polar surface area (TPSA) is 61.0 Å². The minimum Gasteiger partial charge on any atom is -0.453 e. The van der Waals surface area contributed by atoms with Crippen molar-refractivity contribution in [2.24, 2.45) is 5.73 Å². The Bertz CT molecular complexity index is 844. The molecular formula is C15H12F3N3OS. The molecule has 23 heavy (non-hydrogen) atoms. The highest BCUT2D eigenvalue weighted by atomic mass is 32.1. The molecule has 120 valence electrons. The number of nitrogens with two attached hydrogens (primary N) is 1. The Labute approximate surface area is 133 Å². The number of hydrogen-bond donors (Lipinski definition) is 1. The average molecular weight is 339 g/mol. The van der Waals surface area contributed by atoms with Crippen molar-refractivity contribution in [2.45, 2.75) is 19.6 Å². The lowest BCUT2D eigenvalue weighted by atomic mass is 10.2. The van der Waals surface area contributed by atoms with Crippen LogP contribution in [0.3, 0.4) is 0 Å². The van der Waals surface area contributed by atoms with Gasteiger partial charge in [-0.05, 0) is 30.7 Å². The maximum absolute atomic E-state index is 12.5. The Kier molecular flexibility index (Phi) is 3.95. The number of halogens is 3. The molecule has 0 aliphatic heterocycles. The smallest absolute Gasteiger partial charge is 0.433 e. The van der Waals surface area contributed by atoms with Crippen LogP contribution in [0, 0.1) is 6.92 Å². The van der Waals surface area contributed by atoms with E-state index in [4.69, 9.17) is 10.5 Å². The summed E-state index contributed by atoms with van der Waals surface area (Å²) >= 11 is 1.50. The number of alkyl halides is 3. The number of benzene rings is 1. The zero-order valence-electron chi connectivity index (χ0n) is 12.0. The third-order valence-corrected chi connectivity index (χ3v) is 4.22. The fraction of sp³-hybridized carbons (Fsp3) is 0.200. The predicted molar refractivity (Wildman–Crippen MR) is 81.6 cm³/mol. The van der Waals surface area contributed by atoms with Gasteiger partial charge in [-0.2, -0.15) is 13.2 Å². The quantitative estimate of drug-likeness (QED) is 0.774. The van der Waals surface area contributed by atoms with E-state index in [2.05, 4.69) is 9.97 Å². The minimum atomic E-state index is -4.47. The van der Waals surface area contributed by atoms with Crippen LogP contribution in [0.5, 0.6) is 11.5 Å². The number of pyridine rings is 1. The Morgan fingerprint density at radius 3 is 2.61 bits per heavy atom. The average Bonchev–Trinajstić information content (AvgIpc) is 2.89. The van der Waals surface area contributed by atoms with E-state index in [1.807, 2.05) is 13.0 Å². The third kappa shape index (κ3) is 3.13. The summed E-state index contributed by atoms with van der Waals surface area (Å²) in [5.74, 6) is 0.675. The van der Waals surface area contributed by atoms with Gasteiger partial charge < -0.3 is 10.5 Å². The molecule has 0 unspecified atom stereocenters. The largest absolute Gasteiger partial charge is 0.453 e. The summed E-state index contributed by atoms with van der Waals surface area (Å²) in [6.07, 6.45) is -3.43. The van der Waals surface area contributed by atoms with Crippen LogP contribution in [0.4, 0.5) is 13.2 Å². The van der Waals surface area contributed by atoms with Gasteiger partial charge in [-0.1, -0.05) is 6.07 Å². The highest BCUT2D eigenvalue weighted by Gasteiger charge is 2.32. The van der Waals surface area contributed by atoms with Gasteiger partial charge in [0.05, 0.1) is 15.9 Å². The molecule has 2 aromatic heterocycles. The van der Waals surface area contributed by atoms with Gasteiger partial charge in [0, 0.05) is 6.54 Å². The second-order valence-corrected chi connectivity index (χ2v) is 6.02. The molecule has 1 aromatic carbocycles. The van der Waals surface area contributed by atoms with Gasteiger partial charge in [0.15, 0.2) is 5.75 Å². The van der Waals surface area contributed by atoms with Crippen LogP contribution < -0.4 is 10.5 Å². The SMILES string of the molecule is Cc1nc2c(Oc3ccc(C(F)(F)F)nc3)ccc(CN)c2s1. The summed E-state index contributed by atoms with van der Waals surface area (Å²) in [6, 6.07) is 5.65. The van der Waals surface area contributed by atoms with E-state index in [0.717, 1.165) is 27.5 Å². The van der Waals surface area contributed by atoms with Gasteiger partial charge in [0.25, 0.3) is 0 Å². The van der Waals surface area contributed by atoms with Crippen molar-refractivity contribution in [2.75, 3.05) is 0 Å². The molecule has 0 aliphatic carbocycles. The van der Waals surface area contributed by atoms with Gasteiger partial charge in [0.2, 0.25) is 0 Å². The third-order valence-electron chi connectivity index (χ3n) is 3.17. The van der Waals surface area contributed by atoms with Crippen LogP contribution in [0.25, 0.3) is 10.2 Å². The normalized spacial score (nSPS) is 11.9. The second-order valence-electron chi connectivity index (χ2n) is 4.82. The number of rotatable bonds is 3. The van der Waals surface area contributed by atoms with Crippen LogP contribution in [0.2, 0.25) is 0 Å². The first-order valence-corrected chi connectivity index (χ1v) is 7.50. The molecule has 0 radical (unpaired) electrons. The van der Waals surface area contributed by atoms with Crippen LogP contribution in [0.15, 0.2) is 30.5 Å². The van der Waals surface area contributed by atoms with Crippen molar-refractivity contribution in [1.29, 1.82) is 0 Å². The summed E-state index contributed by atoms with van der Waals surface area (Å²) in [5, 5.41) is 0.858. The Balaban J connectivity index is 1.96. The summed E-state index contributed by atoms with van der Waals surface area (Å²) in [6.45, 7) is 2.24. The zero-order valence-corrected chi connectivity index (χ0v) is 12.8. The fourth-order valence-electron chi connectivity index (χ4n) is 2.12. The number of fused-ring (bicyclic) bond motifs is 1. The van der Waals surface area contributed by atoms with Crippen molar-refractivity contribution in [1.82, 2.24) is 9.97 Å². The molecular weight excluding hydrogens is 327 g/mol. The number of thiazole rings is 1. The zero-order chi connectivity index (χ0) is 16.6. The standard InChI is InChI=1S/C15H12F3N3OS/c1-8-21-13-11(4-2-9(6-19)14(13)23-8)22-10-3-5-12(20-7-10)15(16,17)18/h2-5,7H,6,19H2,1H3. The van der Waals surface area contributed by atoms with Crippen molar-refractivity contribution >= 4 is 21.6 Å². The number of nitrogens with zero attached hydrogens (tertiary/aromatic N) is 2. The maximum Gasteiger partial charge on any atom is 0.433 e. The Morgan fingerprint density at radius 1 is 1.22 bits per heavy atom. The monoisotopic (exact) mass is 339 g/mol. The van der Waals surface area contributed by atoms with Crippen LogP contribution >= 0.6 is 11.3 Å². The van der Waals surface area contributed by atoms with E-state index < -0.39 is 11.9 Å². The number of ether oxygens (including phenoxy) is 1.